The smallest absolute Gasteiger partial charge is 0.285 e. The Hall–Kier alpha value is -3.05. The van der Waals surface area contributed by atoms with Gasteiger partial charge in [0.05, 0.1) is 16.0 Å². The summed E-state index contributed by atoms with van der Waals surface area (Å²) in [5.74, 6) is -0.623. The van der Waals surface area contributed by atoms with Gasteiger partial charge in [-0.15, -0.1) is 0 Å². The molecular weight excluding hydrogens is 400 g/mol. The summed E-state index contributed by atoms with van der Waals surface area (Å²) in [5, 5.41) is 13.4. The minimum atomic E-state index is -3.72. The number of nitro groups is 1. The van der Waals surface area contributed by atoms with Gasteiger partial charge in [-0.25, -0.2) is 8.42 Å². The molecule has 0 bridgehead atoms. The first kappa shape index (κ1) is 22.2. The Labute approximate surface area is 168 Å². The van der Waals surface area contributed by atoms with Crippen molar-refractivity contribution >= 4 is 27.3 Å². The number of anilines is 1. The van der Waals surface area contributed by atoms with Crippen LogP contribution in [0.3, 0.4) is 0 Å². The van der Waals surface area contributed by atoms with E-state index in [1.807, 2.05) is 0 Å². The fourth-order valence-electron chi connectivity index (χ4n) is 2.76. The van der Waals surface area contributed by atoms with E-state index < -0.39 is 33.0 Å². The van der Waals surface area contributed by atoms with Crippen molar-refractivity contribution in [3.8, 4) is 0 Å². The summed E-state index contributed by atoms with van der Waals surface area (Å²) in [4.78, 5) is 34.4. The Kier molecular flexibility index (Phi) is 6.88. The Morgan fingerprint density at radius 2 is 1.86 bits per heavy atom. The van der Waals surface area contributed by atoms with E-state index in [0.29, 0.717) is 18.7 Å². The molecule has 1 amide bonds. The van der Waals surface area contributed by atoms with Gasteiger partial charge >= 0.3 is 0 Å². The van der Waals surface area contributed by atoms with E-state index in [2.05, 4.69) is 5.32 Å². The molecule has 0 spiro atoms. The first-order chi connectivity index (χ1) is 13.6. The van der Waals surface area contributed by atoms with Crippen LogP contribution in [0.15, 0.2) is 46.2 Å². The fraction of sp³-hybridized carbons (Fsp3) is 0.333. The highest BCUT2D eigenvalue weighted by Crippen LogP contribution is 2.23. The molecule has 11 heteroatoms. The van der Waals surface area contributed by atoms with Gasteiger partial charge in [-0.3, -0.25) is 24.3 Å². The maximum atomic E-state index is 12.8. The molecular formula is C18H22N4O6S. The molecule has 0 saturated heterocycles. The molecule has 156 valence electrons. The van der Waals surface area contributed by atoms with Gasteiger partial charge in [0.1, 0.15) is 6.54 Å². The van der Waals surface area contributed by atoms with E-state index in [0.717, 1.165) is 22.9 Å². The minimum Gasteiger partial charge on any atom is -0.324 e. The Balaban J connectivity index is 2.28. The molecule has 0 saturated carbocycles. The number of amides is 1. The van der Waals surface area contributed by atoms with Gasteiger partial charge in [0.2, 0.25) is 15.9 Å². The molecule has 0 aliphatic heterocycles. The normalized spacial score (nSPS) is 11.4. The largest absolute Gasteiger partial charge is 0.324 e. The third-order valence-corrected chi connectivity index (χ3v) is 6.48. The van der Waals surface area contributed by atoms with Gasteiger partial charge < -0.3 is 5.32 Å². The predicted molar refractivity (Wildman–Crippen MR) is 107 cm³/mol. The highest BCUT2D eigenvalue weighted by Gasteiger charge is 2.24. The molecule has 0 aliphatic carbocycles. The summed E-state index contributed by atoms with van der Waals surface area (Å²) in [7, 11) is -3.72. The zero-order valence-electron chi connectivity index (χ0n) is 16.3. The highest BCUT2D eigenvalue weighted by atomic mass is 32.2. The van der Waals surface area contributed by atoms with Gasteiger partial charge in [0.25, 0.3) is 11.2 Å². The molecule has 2 aromatic rings. The lowest BCUT2D eigenvalue weighted by atomic mass is 10.2. The van der Waals surface area contributed by atoms with Crippen LogP contribution in [0.4, 0.5) is 11.4 Å². The number of pyridine rings is 1. The Morgan fingerprint density at radius 3 is 2.45 bits per heavy atom. The van der Waals surface area contributed by atoms with Crippen LogP contribution >= 0.6 is 0 Å². The van der Waals surface area contributed by atoms with Crippen LogP contribution in [0.2, 0.25) is 0 Å². The van der Waals surface area contributed by atoms with Crippen molar-refractivity contribution in [3.05, 3.63) is 62.6 Å². The van der Waals surface area contributed by atoms with E-state index in [1.54, 1.807) is 32.9 Å². The molecule has 0 atom stereocenters. The molecule has 0 radical (unpaired) electrons. The molecule has 1 heterocycles. The zero-order chi connectivity index (χ0) is 21.8. The Bertz CT molecular complexity index is 1090. The van der Waals surface area contributed by atoms with E-state index in [4.69, 9.17) is 0 Å². The number of nitrogens with one attached hydrogen (secondary N) is 1. The first-order valence-electron chi connectivity index (χ1n) is 8.85. The molecule has 0 aliphatic rings. The number of aryl methyl sites for hydroxylation is 1. The van der Waals surface area contributed by atoms with Crippen molar-refractivity contribution in [2.45, 2.75) is 32.2 Å². The lowest BCUT2D eigenvalue weighted by Gasteiger charge is -2.20. The predicted octanol–water partition coefficient (Wildman–Crippen LogP) is 1.73. The quantitative estimate of drug-likeness (QED) is 0.509. The van der Waals surface area contributed by atoms with Crippen LogP contribution in [0.1, 0.15) is 19.4 Å². The number of hydrogen-bond acceptors (Lipinski definition) is 6. The molecule has 29 heavy (non-hydrogen) atoms. The van der Waals surface area contributed by atoms with Crippen molar-refractivity contribution in [1.29, 1.82) is 0 Å². The third kappa shape index (κ3) is 5.06. The van der Waals surface area contributed by atoms with Crippen molar-refractivity contribution in [2.24, 2.45) is 0 Å². The SMILES string of the molecule is CCN(CC)S(=O)(=O)c1cc(NC(=O)Cn2cc([N+](=O)[O-])ccc2=O)ccc1C. The number of hydrogen-bond donors (Lipinski definition) is 1. The van der Waals surface area contributed by atoms with E-state index in [1.165, 1.54) is 10.4 Å². The molecule has 10 nitrogen and oxygen atoms in total. The second-order valence-corrected chi connectivity index (χ2v) is 8.13. The molecule has 0 fully saturated rings. The second-order valence-electron chi connectivity index (χ2n) is 6.23. The number of sulfonamides is 1. The summed E-state index contributed by atoms with van der Waals surface area (Å²) >= 11 is 0. The molecule has 1 N–H and O–H groups in total. The molecule has 0 unspecified atom stereocenters. The lowest BCUT2D eigenvalue weighted by Crippen LogP contribution is -2.31. The van der Waals surface area contributed by atoms with Crippen molar-refractivity contribution in [3.63, 3.8) is 0 Å². The topological polar surface area (TPSA) is 132 Å². The van der Waals surface area contributed by atoms with Crippen molar-refractivity contribution < 1.29 is 18.1 Å². The molecule has 1 aromatic carbocycles. The highest BCUT2D eigenvalue weighted by molar-refractivity contribution is 7.89. The summed E-state index contributed by atoms with van der Waals surface area (Å²) in [5.41, 5.74) is -0.116. The summed E-state index contributed by atoms with van der Waals surface area (Å²) < 4.78 is 27.8. The van der Waals surface area contributed by atoms with Crippen LogP contribution < -0.4 is 10.9 Å². The molecule has 1 aromatic heterocycles. The zero-order valence-corrected chi connectivity index (χ0v) is 17.1. The summed E-state index contributed by atoms with van der Waals surface area (Å²) in [6, 6.07) is 6.54. The fourth-order valence-corrected chi connectivity index (χ4v) is 4.47. The number of nitrogens with zero attached hydrogens (tertiary/aromatic N) is 3. The van der Waals surface area contributed by atoms with Gasteiger partial charge in [-0.05, 0) is 24.6 Å². The Morgan fingerprint density at radius 1 is 1.21 bits per heavy atom. The van der Waals surface area contributed by atoms with Crippen LogP contribution in [-0.4, -0.2) is 41.2 Å². The van der Waals surface area contributed by atoms with Gasteiger partial charge in [0.15, 0.2) is 0 Å². The monoisotopic (exact) mass is 422 g/mol. The van der Waals surface area contributed by atoms with Gasteiger partial charge in [-0.1, -0.05) is 19.9 Å². The van der Waals surface area contributed by atoms with Gasteiger partial charge in [-0.2, -0.15) is 4.31 Å². The van der Waals surface area contributed by atoms with Crippen molar-refractivity contribution in [2.75, 3.05) is 18.4 Å². The number of carbonyl (C=O) groups is 1. The lowest BCUT2D eigenvalue weighted by molar-refractivity contribution is -0.385. The van der Waals surface area contributed by atoms with Crippen LogP contribution in [0, 0.1) is 17.0 Å². The van der Waals surface area contributed by atoms with Crippen LogP contribution in [-0.2, 0) is 21.4 Å². The first-order valence-corrected chi connectivity index (χ1v) is 10.3. The van der Waals surface area contributed by atoms with Crippen LogP contribution in [0.25, 0.3) is 0 Å². The van der Waals surface area contributed by atoms with E-state index >= 15 is 0 Å². The minimum absolute atomic E-state index is 0.0755. The van der Waals surface area contributed by atoms with E-state index in [9.17, 15) is 28.1 Å². The second kappa shape index (κ2) is 8.97. The number of rotatable bonds is 8. The molecule has 2 rings (SSSR count). The average Bonchev–Trinajstić information content (AvgIpc) is 2.65. The summed E-state index contributed by atoms with van der Waals surface area (Å²) in [6.45, 7) is 5.30. The number of carbonyl (C=O) groups excluding carboxylic acids is 1. The maximum Gasteiger partial charge on any atom is 0.285 e. The third-order valence-electron chi connectivity index (χ3n) is 4.29. The standard InChI is InChI=1S/C18H22N4O6S/c1-4-21(5-2)29(27,28)16-10-14(7-6-13(16)3)19-17(23)12-20-11-15(22(25)26)8-9-18(20)24/h6-11H,4-5,12H2,1-3H3,(H,19,23). The maximum absolute atomic E-state index is 12.8. The van der Waals surface area contributed by atoms with Crippen LogP contribution in [0.5, 0.6) is 0 Å². The van der Waals surface area contributed by atoms with Gasteiger partial charge in [0, 0.05) is 30.9 Å². The van der Waals surface area contributed by atoms with E-state index in [-0.39, 0.29) is 16.3 Å². The number of benzene rings is 1. The van der Waals surface area contributed by atoms with Crippen molar-refractivity contribution in [1.82, 2.24) is 8.87 Å². The number of aromatic nitrogens is 1. The summed E-state index contributed by atoms with van der Waals surface area (Å²) in [6.07, 6.45) is 0.979. The average molecular weight is 422 g/mol.